The van der Waals surface area contributed by atoms with Crippen LogP contribution >= 0.6 is 0 Å². The zero-order valence-corrected chi connectivity index (χ0v) is 19.0. The first-order chi connectivity index (χ1) is 16.3. The number of likely N-dealkylation sites (tertiary alicyclic amines) is 1. The van der Waals surface area contributed by atoms with E-state index in [-0.39, 0.29) is 0 Å². The van der Waals surface area contributed by atoms with Crippen LogP contribution in [0.25, 0.3) is 5.57 Å². The molecule has 0 amide bonds. The molecule has 180 valence electrons. The Morgan fingerprint density at radius 3 is 1.85 bits per heavy atom. The van der Waals surface area contributed by atoms with Crippen molar-refractivity contribution in [3.05, 3.63) is 90.0 Å². The summed E-state index contributed by atoms with van der Waals surface area (Å²) in [5.74, 6) is -2.89. The smallest absolute Gasteiger partial charge is 0.328 e. The van der Waals surface area contributed by atoms with Gasteiger partial charge in [-0.2, -0.15) is 0 Å². The molecule has 0 aliphatic carbocycles. The predicted molar refractivity (Wildman–Crippen MR) is 130 cm³/mol. The highest BCUT2D eigenvalue weighted by molar-refractivity contribution is 5.89. The van der Waals surface area contributed by atoms with E-state index in [2.05, 4.69) is 59.5 Å². The van der Waals surface area contributed by atoms with Gasteiger partial charge in [-0.1, -0.05) is 66.7 Å². The maximum absolute atomic E-state index is 11.0. The van der Waals surface area contributed by atoms with E-state index in [1.807, 2.05) is 12.1 Å². The predicted octanol–water partition coefficient (Wildman–Crippen LogP) is 4.41. The molecule has 1 heterocycles. The molecule has 2 aromatic carbocycles. The van der Waals surface area contributed by atoms with Crippen LogP contribution in [0.5, 0.6) is 0 Å². The highest BCUT2D eigenvalue weighted by Crippen LogP contribution is 2.24. The number of hydrogen-bond acceptors (Lipinski definition) is 4. The van der Waals surface area contributed by atoms with E-state index in [1.165, 1.54) is 16.7 Å². The van der Waals surface area contributed by atoms with Gasteiger partial charge in [0, 0.05) is 31.7 Å². The average molecular weight is 466 g/mol. The minimum Gasteiger partial charge on any atom is -0.481 e. The summed E-state index contributed by atoms with van der Waals surface area (Å²) in [6, 6.07) is 21.0. The molecule has 1 fully saturated rings. The Balaban J connectivity index is 0.000000440. The van der Waals surface area contributed by atoms with Crippen LogP contribution in [0.1, 0.15) is 36.8 Å². The molecule has 3 rings (SSSR count). The van der Waals surface area contributed by atoms with E-state index < -0.39 is 17.9 Å². The van der Waals surface area contributed by atoms with Crippen LogP contribution in [0, 0.1) is 5.92 Å². The van der Waals surface area contributed by atoms with E-state index in [1.54, 1.807) is 0 Å². The third-order valence-corrected chi connectivity index (χ3v) is 5.40. The van der Waals surface area contributed by atoms with Crippen LogP contribution < -0.4 is 0 Å². The van der Waals surface area contributed by atoms with E-state index in [9.17, 15) is 14.4 Å². The summed E-state index contributed by atoms with van der Waals surface area (Å²) in [7, 11) is 0. The van der Waals surface area contributed by atoms with Crippen LogP contribution in [-0.4, -0.2) is 57.8 Å². The van der Waals surface area contributed by atoms with Crippen molar-refractivity contribution in [3.8, 4) is 0 Å². The van der Waals surface area contributed by atoms with Crippen LogP contribution in [0.2, 0.25) is 0 Å². The Hall–Kier alpha value is -3.71. The number of aliphatic carboxylic acids is 3. The summed E-state index contributed by atoms with van der Waals surface area (Å²) in [6.07, 6.45) is 6.85. The van der Waals surface area contributed by atoms with Crippen molar-refractivity contribution in [3.63, 3.8) is 0 Å². The van der Waals surface area contributed by atoms with Crippen molar-refractivity contribution in [1.82, 2.24) is 4.90 Å². The largest absolute Gasteiger partial charge is 0.481 e. The van der Waals surface area contributed by atoms with Gasteiger partial charge in [0.1, 0.15) is 0 Å². The van der Waals surface area contributed by atoms with E-state index >= 15 is 0 Å². The van der Waals surface area contributed by atoms with Crippen LogP contribution in [0.4, 0.5) is 0 Å². The Bertz CT molecular complexity index is 927. The zero-order valence-electron chi connectivity index (χ0n) is 19.0. The topological polar surface area (TPSA) is 115 Å². The van der Waals surface area contributed by atoms with E-state index in [4.69, 9.17) is 15.3 Å². The Morgan fingerprint density at radius 2 is 1.38 bits per heavy atom. The van der Waals surface area contributed by atoms with Crippen molar-refractivity contribution in [2.75, 3.05) is 19.6 Å². The van der Waals surface area contributed by atoms with Crippen molar-refractivity contribution in [2.24, 2.45) is 5.92 Å². The molecule has 7 heteroatoms. The van der Waals surface area contributed by atoms with Crippen LogP contribution in [0.3, 0.4) is 0 Å². The fourth-order valence-corrected chi connectivity index (χ4v) is 3.94. The van der Waals surface area contributed by atoms with Crippen LogP contribution in [-0.2, 0) is 14.4 Å². The molecule has 1 unspecified atom stereocenters. The van der Waals surface area contributed by atoms with Crippen molar-refractivity contribution in [2.45, 2.75) is 25.7 Å². The van der Waals surface area contributed by atoms with Gasteiger partial charge in [0.05, 0.1) is 0 Å². The van der Waals surface area contributed by atoms with Gasteiger partial charge in [-0.25, -0.2) is 9.59 Å². The second kappa shape index (κ2) is 14.4. The highest BCUT2D eigenvalue weighted by Gasteiger charge is 2.21. The summed E-state index contributed by atoms with van der Waals surface area (Å²) >= 11 is 0. The molecule has 0 spiro atoms. The molecule has 7 nitrogen and oxygen atoms in total. The van der Waals surface area contributed by atoms with Gasteiger partial charge >= 0.3 is 17.9 Å². The third-order valence-electron chi connectivity index (χ3n) is 5.40. The lowest BCUT2D eigenvalue weighted by atomic mass is 9.94. The third kappa shape index (κ3) is 10.3. The second-order valence-corrected chi connectivity index (χ2v) is 8.06. The fraction of sp³-hybridized carbons (Fsp3) is 0.296. The summed E-state index contributed by atoms with van der Waals surface area (Å²) in [6.45, 7) is 2.97. The molecule has 0 aromatic heterocycles. The van der Waals surface area contributed by atoms with Crippen molar-refractivity contribution in [1.29, 1.82) is 0 Å². The van der Waals surface area contributed by atoms with Crippen molar-refractivity contribution < 1.29 is 29.7 Å². The molecular formula is C27H31NO6. The van der Waals surface area contributed by atoms with Gasteiger partial charge in [-0.05, 0) is 48.4 Å². The Kier molecular flexibility index (Phi) is 11.3. The van der Waals surface area contributed by atoms with Gasteiger partial charge in [0.15, 0.2) is 0 Å². The molecule has 0 saturated carbocycles. The molecule has 0 bridgehead atoms. The Morgan fingerprint density at radius 1 is 0.853 bits per heavy atom. The van der Waals surface area contributed by atoms with Gasteiger partial charge in [-0.15, -0.1) is 0 Å². The number of hydrogen-bond donors (Lipinski definition) is 3. The average Bonchev–Trinajstić information content (AvgIpc) is 2.82. The number of rotatable bonds is 9. The fourth-order valence-electron chi connectivity index (χ4n) is 3.94. The quantitative estimate of drug-likeness (QED) is 0.470. The maximum Gasteiger partial charge on any atom is 0.328 e. The standard InChI is InChI=1S/C23H27NO2.C4H4O4/c25-23(26)17-19-9-7-15-24(18-19)16-8-14-22(20-10-3-1-4-11-20)21-12-5-2-6-13-21;5-3(6)1-2-4(7)8/h1-6,10-14,19H,7-9,15-18H2,(H,25,26);1-2H,(H,5,6)(H,7,8). The molecule has 1 aliphatic heterocycles. The maximum atomic E-state index is 11.0. The first kappa shape index (κ1) is 26.5. The lowest BCUT2D eigenvalue weighted by Crippen LogP contribution is -2.36. The number of piperidine rings is 1. The van der Waals surface area contributed by atoms with Gasteiger partial charge in [-0.3, -0.25) is 4.79 Å². The SMILES string of the molecule is O=C(O)C=CC(=O)O.O=C(O)CC1CCCN(CCC=C(c2ccccc2)c2ccccc2)C1. The first-order valence-corrected chi connectivity index (χ1v) is 11.2. The number of carboxylic acid groups (broad SMARTS) is 3. The second-order valence-electron chi connectivity index (χ2n) is 8.06. The summed E-state index contributed by atoms with van der Waals surface area (Å²) in [5, 5.41) is 24.6. The summed E-state index contributed by atoms with van der Waals surface area (Å²) in [4.78, 5) is 32.5. The number of nitrogens with zero attached hydrogens (tertiary/aromatic N) is 1. The molecular weight excluding hydrogens is 434 g/mol. The lowest BCUT2D eigenvalue weighted by Gasteiger charge is -2.31. The first-order valence-electron chi connectivity index (χ1n) is 11.2. The molecule has 1 saturated heterocycles. The molecule has 34 heavy (non-hydrogen) atoms. The monoisotopic (exact) mass is 465 g/mol. The number of carboxylic acids is 3. The van der Waals surface area contributed by atoms with Gasteiger partial charge in [0.25, 0.3) is 0 Å². The van der Waals surface area contributed by atoms with E-state index in [0.29, 0.717) is 24.5 Å². The minimum absolute atomic E-state index is 0.297. The van der Waals surface area contributed by atoms with Gasteiger partial charge in [0.2, 0.25) is 0 Å². The van der Waals surface area contributed by atoms with Crippen molar-refractivity contribution >= 4 is 23.5 Å². The molecule has 0 radical (unpaired) electrons. The summed E-state index contributed by atoms with van der Waals surface area (Å²) in [5.41, 5.74) is 3.74. The molecule has 2 aromatic rings. The molecule has 1 atom stereocenters. The lowest BCUT2D eigenvalue weighted by molar-refractivity contribution is -0.138. The van der Waals surface area contributed by atoms with E-state index in [0.717, 1.165) is 38.9 Å². The Labute approximate surface area is 199 Å². The minimum atomic E-state index is -1.26. The highest BCUT2D eigenvalue weighted by atomic mass is 16.4. The number of carbonyl (C=O) groups is 3. The molecule has 1 aliphatic rings. The van der Waals surface area contributed by atoms with Crippen LogP contribution in [0.15, 0.2) is 78.9 Å². The zero-order chi connectivity index (χ0) is 24.8. The normalized spacial score (nSPS) is 15.7. The molecule has 3 N–H and O–H groups in total. The summed E-state index contributed by atoms with van der Waals surface area (Å²) < 4.78 is 0. The van der Waals surface area contributed by atoms with Gasteiger partial charge < -0.3 is 20.2 Å². The number of benzene rings is 2.